The highest BCUT2D eigenvalue weighted by Gasteiger charge is 1.83. The van der Waals surface area contributed by atoms with Gasteiger partial charge in [-0.1, -0.05) is 19.4 Å². The van der Waals surface area contributed by atoms with Crippen LogP contribution in [0.3, 0.4) is 0 Å². The molecule has 0 bridgehead atoms. The third kappa shape index (κ3) is 7.89. The Hall–Kier alpha value is -0.113. The first-order valence-corrected chi connectivity index (χ1v) is 4.87. The normalized spacial score (nSPS) is 9.22. The molecule has 0 spiro atoms. The van der Waals surface area contributed by atoms with Crippen molar-refractivity contribution < 1.29 is 0 Å². The Balaban J connectivity index is 3.00. The molecule has 0 rings (SSSR count). The van der Waals surface area contributed by atoms with Gasteiger partial charge in [0.1, 0.15) is 0 Å². The summed E-state index contributed by atoms with van der Waals surface area (Å²) in [4.78, 5) is 4.29. The zero-order chi connectivity index (χ0) is 7.11. The number of hydrogen-bond donors (Lipinski definition) is 0. The maximum atomic E-state index is 4.29. The van der Waals surface area contributed by atoms with Crippen molar-refractivity contribution >= 4 is 15.2 Å². The number of aliphatic imine (C=N–C) groups is 1. The van der Waals surface area contributed by atoms with Crippen LogP contribution in [0.1, 0.15) is 27.2 Å². The van der Waals surface area contributed by atoms with Gasteiger partial charge in [-0.15, -0.1) is 0 Å². The molecule has 0 aliphatic heterocycles. The molecule has 2 heteroatoms. The summed E-state index contributed by atoms with van der Waals surface area (Å²) in [5, 5.41) is 0. The van der Waals surface area contributed by atoms with Crippen molar-refractivity contribution in [3.05, 3.63) is 0 Å². The third-order valence-electron chi connectivity index (χ3n) is 0.934. The first-order chi connectivity index (χ1) is 4.27. The predicted octanol–water partition coefficient (Wildman–Crippen LogP) is 1.96. The first-order valence-electron chi connectivity index (χ1n) is 3.45. The van der Waals surface area contributed by atoms with Crippen LogP contribution in [0, 0.1) is 0 Å². The molecule has 0 aromatic rings. The lowest BCUT2D eigenvalue weighted by atomic mass is 10.5. The number of hydrogen-bond acceptors (Lipinski definition) is 1. The van der Waals surface area contributed by atoms with Crippen molar-refractivity contribution in [2.45, 2.75) is 33.2 Å². The highest BCUT2D eigenvalue weighted by atomic mass is 28.2. The molecule has 52 valence electrons. The molecule has 0 aromatic heterocycles. The quantitative estimate of drug-likeness (QED) is 0.322. The van der Waals surface area contributed by atoms with Crippen LogP contribution in [0.2, 0.25) is 6.04 Å². The SMILES string of the molecule is CCC[Si]CN=C(C)C. The average Bonchev–Trinajstić information content (AvgIpc) is 1.80. The molecule has 0 saturated heterocycles. The van der Waals surface area contributed by atoms with Gasteiger partial charge in [-0.25, -0.2) is 0 Å². The van der Waals surface area contributed by atoms with E-state index in [1.165, 1.54) is 18.2 Å². The maximum absolute atomic E-state index is 4.29. The van der Waals surface area contributed by atoms with Gasteiger partial charge in [-0.3, -0.25) is 4.99 Å². The minimum Gasteiger partial charge on any atom is -0.299 e. The molecule has 0 aliphatic carbocycles. The van der Waals surface area contributed by atoms with Crippen molar-refractivity contribution in [2.75, 3.05) is 6.17 Å². The van der Waals surface area contributed by atoms with Gasteiger partial charge in [0, 0.05) is 11.9 Å². The maximum Gasteiger partial charge on any atom is 0.0671 e. The minimum absolute atomic E-state index is 1.04. The Morgan fingerprint density at radius 3 is 2.56 bits per heavy atom. The van der Waals surface area contributed by atoms with E-state index < -0.39 is 0 Å². The lowest BCUT2D eigenvalue weighted by Gasteiger charge is -1.91. The van der Waals surface area contributed by atoms with E-state index >= 15 is 0 Å². The van der Waals surface area contributed by atoms with Crippen molar-refractivity contribution in [1.29, 1.82) is 0 Å². The smallest absolute Gasteiger partial charge is 0.0671 e. The van der Waals surface area contributed by atoms with Crippen molar-refractivity contribution in [2.24, 2.45) is 4.99 Å². The van der Waals surface area contributed by atoms with Crippen LogP contribution >= 0.6 is 0 Å². The molecule has 0 amide bonds. The topological polar surface area (TPSA) is 12.4 Å². The Labute approximate surface area is 60.4 Å². The summed E-state index contributed by atoms with van der Waals surface area (Å²) in [5.74, 6) is 0. The fourth-order valence-corrected chi connectivity index (χ4v) is 1.41. The molecule has 2 radical (unpaired) electrons. The van der Waals surface area contributed by atoms with E-state index in [-0.39, 0.29) is 0 Å². The molecule has 0 saturated carbocycles. The average molecular weight is 141 g/mol. The van der Waals surface area contributed by atoms with Crippen molar-refractivity contribution in [1.82, 2.24) is 0 Å². The molecule has 0 heterocycles. The summed E-state index contributed by atoms with van der Waals surface area (Å²) in [6.07, 6.45) is 2.35. The van der Waals surface area contributed by atoms with Crippen LogP contribution in [-0.4, -0.2) is 21.4 Å². The van der Waals surface area contributed by atoms with E-state index in [9.17, 15) is 0 Å². The predicted molar refractivity (Wildman–Crippen MR) is 44.5 cm³/mol. The molecular formula is C7H15NSi. The Morgan fingerprint density at radius 1 is 1.44 bits per heavy atom. The largest absolute Gasteiger partial charge is 0.299 e. The Kier molecular flexibility index (Phi) is 5.94. The van der Waals surface area contributed by atoms with E-state index in [0.717, 1.165) is 15.7 Å². The van der Waals surface area contributed by atoms with Gasteiger partial charge >= 0.3 is 0 Å². The monoisotopic (exact) mass is 141 g/mol. The fourth-order valence-electron chi connectivity index (χ4n) is 0.470. The Bertz CT molecular complexity index is 84.9. The summed E-state index contributed by atoms with van der Waals surface area (Å²) < 4.78 is 0. The highest BCUT2D eigenvalue weighted by Crippen LogP contribution is 1.85. The van der Waals surface area contributed by atoms with Gasteiger partial charge in [-0.2, -0.15) is 0 Å². The van der Waals surface area contributed by atoms with Gasteiger partial charge < -0.3 is 0 Å². The van der Waals surface area contributed by atoms with Gasteiger partial charge in [0.15, 0.2) is 0 Å². The number of nitrogens with zero attached hydrogens (tertiary/aromatic N) is 1. The third-order valence-corrected chi connectivity index (χ3v) is 2.17. The van der Waals surface area contributed by atoms with Crippen molar-refractivity contribution in [3.63, 3.8) is 0 Å². The second kappa shape index (κ2) is 6.01. The van der Waals surface area contributed by atoms with Gasteiger partial charge in [0.05, 0.1) is 9.52 Å². The lowest BCUT2D eigenvalue weighted by Crippen LogP contribution is -1.96. The summed E-state index contributed by atoms with van der Waals surface area (Å²) >= 11 is 0. The summed E-state index contributed by atoms with van der Waals surface area (Å²) in [6, 6.07) is 1.34. The van der Waals surface area contributed by atoms with E-state index in [4.69, 9.17) is 0 Å². The highest BCUT2D eigenvalue weighted by molar-refractivity contribution is 6.35. The minimum atomic E-state index is 1.04. The fraction of sp³-hybridized carbons (Fsp3) is 0.857. The molecule has 0 unspecified atom stereocenters. The Morgan fingerprint density at radius 2 is 2.11 bits per heavy atom. The molecule has 0 aromatic carbocycles. The zero-order valence-electron chi connectivity index (χ0n) is 6.57. The molecule has 0 fully saturated rings. The summed E-state index contributed by atoms with van der Waals surface area (Å²) in [5.41, 5.74) is 1.21. The van der Waals surface area contributed by atoms with E-state index in [1.54, 1.807) is 0 Å². The van der Waals surface area contributed by atoms with E-state index in [1.807, 2.05) is 0 Å². The standard InChI is InChI=1S/C7H15NSi/c1-4-5-9-6-8-7(2)3/h4-6H2,1-3H3. The van der Waals surface area contributed by atoms with Crippen LogP contribution in [0.25, 0.3) is 0 Å². The second-order valence-corrected chi connectivity index (χ2v) is 3.58. The van der Waals surface area contributed by atoms with E-state index in [0.29, 0.717) is 0 Å². The van der Waals surface area contributed by atoms with Crippen molar-refractivity contribution in [3.8, 4) is 0 Å². The van der Waals surface area contributed by atoms with Crippen LogP contribution in [0.5, 0.6) is 0 Å². The lowest BCUT2D eigenvalue weighted by molar-refractivity contribution is 1.06. The van der Waals surface area contributed by atoms with Gasteiger partial charge in [0.2, 0.25) is 0 Å². The molecular weight excluding hydrogens is 126 g/mol. The molecule has 9 heavy (non-hydrogen) atoms. The molecule has 0 atom stereocenters. The summed E-state index contributed by atoms with van der Waals surface area (Å²) in [6.45, 7) is 6.32. The van der Waals surface area contributed by atoms with Crippen LogP contribution in [0.4, 0.5) is 0 Å². The number of rotatable bonds is 4. The first kappa shape index (κ1) is 8.89. The van der Waals surface area contributed by atoms with Gasteiger partial charge in [0.25, 0.3) is 0 Å². The van der Waals surface area contributed by atoms with Gasteiger partial charge in [-0.05, 0) is 13.8 Å². The van der Waals surface area contributed by atoms with E-state index in [2.05, 4.69) is 25.8 Å². The molecule has 1 nitrogen and oxygen atoms in total. The van der Waals surface area contributed by atoms with Crippen LogP contribution in [-0.2, 0) is 0 Å². The summed E-state index contributed by atoms with van der Waals surface area (Å²) in [7, 11) is 1.04. The molecule has 0 N–H and O–H groups in total. The van der Waals surface area contributed by atoms with Crippen LogP contribution in [0.15, 0.2) is 4.99 Å². The van der Waals surface area contributed by atoms with Crippen LogP contribution < -0.4 is 0 Å². The second-order valence-electron chi connectivity index (χ2n) is 2.26. The zero-order valence-corrected chi connectivity index (χ0v) is 7.57. The molecule has 0 aliphatic rings.